The van der Waals surface area contributed by atoms with Crippen LogP contribution in [0.15, 0.2) is 78.9 Å². The summed E-state index contributed by atoms with van der Waals surface area (Å²) in [4.78, 5) is 31.8. The van der Waals surface area contributed by atoms with Crippen LogP contribution in [0.25, 0.3) is 0 Å². The fourth-order valence-electron chi connectivity index (χ4n) is 3.90. The minimum absolute atomic E-state index is 0.144. The van der Waals surface area contributed by atoms with Gasteiger partial charge < -0.3 is 9.64 Å². The summed E-state index contributed by atoms with van der Waals surface area (Å²) in [6, 6.07) is 21.3. The number of rotatable bonds is 10. The van der Waals surface area contributed by atoms with E-state index in [0.717, 1.165) is 10.5 Å². The third-order valence-corrected chi connectivity index (χ3v) is 6.08. The van der Waals surface area contributed by atoms with Crippen LogP contribution in [0.2, 0.25) is 0 Å². The highest BCUT2D eigenvalue weighted by Crippen LogP contribution is 2.26. The van der Waals surface area contributed by atoms with E-state index in [4.69, 9.17) is 9.57 Å². The molecule has 0 saturated heterocycles. The van der Waals surface area contributed by atoms with Crippen molar-refractivity contribution in [2.45, 2.75) is 19.7 Å². The standard InChI is InChI=1S/C30H23F5N2O4/c1-40-22-13-9-19(10-14-22)16-37(30(39)23-24(31)26(33)28(35)27(34)25(23)32)15-18-7-11-21(12-8-18)29(38)36-41-17-20-5-3-2-4-6-20/h2-14H,15-17H2,1H3,(H,36,38). The molecule has 212 valence electrons. The maximum Gasteiger partial charge on any atom is 0.274 e. The molecule has 41 heavy (non-hydrogen) atoms. The lowest BCUT2D eigenvalue weighted by Gasteiger charge is -2.24. The number of amides is 2. The Kier molecular flexibility index (Phi) is 9.30. The minimum atomic E-state index is -2.36. The predicted octanol–water partition coefficient (Wildman–Crippen LogP) is 6.09. The van der Waals surface area contributed by atoms with Crippen molar-refractivity contribution in [3.8, 4) is 5.75 Å². The monoisotopic (exact) mass is 570 g/mol. The zero-order valence-electron chi connectivity index (χ0n) is 21.6. The molecule has 1 N–H and O–H groups in total. The van der Waals surface area contributed by atoms with Gasteiger partial charge in [0.2, 0.25) is 5.82 Å². The number of carbonyl (C=O) groups is 2. The molecule has 0 radical (unpaired) electrons. The van der Waals surface area contributed by atoms with Crippen LogP contribution in [-0.2, 0) is 24.5 Å². The van der Waals surface area contributed by atoms with E-state index in [0.29, 0.717) is 16.9 Å². The van der Waals surface area contributed by atoms with Crippen LogP contribution in [0.4, 0.5) is 22.0 Å². The van der Waals surface area contributed by atoms with E-state index in [1.807, 2.05) is 30.3 Å². The Morgan fingerprint density at radius 2 is 1.20 bits per heavy atom. The largest absolute Gasteiger partial charge is 0.497 e. The van der Waals surface area contributed by atoms with E-state index < -0.39 is 46.5 Å². The Bertz CT molecular complexity index is 1500. The number of hydroxylamine groups is 1. The van der Waals surface area contributed by atoms with Crippen molar-refractivity contribution in [1.82, 2.24) is 10.4 Å². The first-order valence-electron chi connectivity index (χ1n) is 12.2. The average molecular weight is 571 g/mol. The molecular formula is C30H23F5N2O4. The SMILES string of the molecule is COc1ccc(CN(Cc2ccc(C(=O)NOCc3ccccc3)cc2)C(=O)c2c(F)c(F)c(F)c(F)c2F)cc1. The predicted molar refractivity (Wildman–Crippen MR) is 138 cm³/mol. The van der Waals surface area contributed by atoms with E-state index in [2.05, 4.69) is 5.48 Å². The van der Waals surface area contributed by atoms with Crippen LogP contribution in [0.3, 0.4) is 0 Å². The number of hydrogen-bond donors (Lipinski definition) is 1. The summed E-state index contributed by atoms with van der Waals surface area (Å²) in [7, 11) is 1.45. The van der Waals surface area contributed by atoms with Crippen LogP contribution in [-0.4, -0.2) is 23.8 Å². The van der Waals surface area contributed by atoms with Gasteiger partial charge in [-0.25, -0.2) is 27.4 Å². The van der Waals surface area contributed by atoms with Crippen LogP contribution < -0.4 is 10.2 Å². The third-order valence-electron chi connectivity index (χ3n) is 6.08. The van der Waals surface area contributed by atoms with Crippen molar-refractivity contribution >= 4 is 11.8 Å². The van der Waals surface area contributed by atoms with Crippen molar-refractivity contribution in [2.75, 3.05) is 7.11 Å². The van der Waals surface area contributed by atoms with Gasteiger partial charge in [0.1, 0.15) is 11.3 Å². The normalized spacial score (nSPS) is 10.8. The van der Waals surface area contributed by atoms with Crippen LogP contribution in [0.1, 0.15) is 37.4 Å². The van der Waals surface area contributed by atoms with Crippen LogP contribution in [0, 0.1) is 29.1 Å². The average Bonchev–Trinajstić information content (AvgIpc) is 3.00. The van der Waals surface area contributed by atoms with Gasteiger partial charge in [0.15, 0.2) is 23.3 Å². The topological polar surface area (TPSA) is 67.9 Å². The first-order valence-corrected chi connectivity index (χ1v) is 12.2. The van der Waals surface area contributed by atoms with Crippen molar-refractivity contribution < 1.29 is 41.1 Å². The highest BCUT2D eigenvalue weighted by Gasteiger charge is 2.32. The molecule has 0 fully saturated rings. The molecule has 0 heterocycles. The van der Waals surface area contributed by atoms with Gasteiger partial charge in [-0.1, -0.05) is 54.6 Å². The number of methoxy groups -OCH3 is 1. The Labute approximate surface area is 231 Å². The van der Waals surface area contributed by atoms with Crippen molar-refractivity contribution in [1.29, 1.82) is 0 Å². The van der Waals surface area contributed by atoms with Crippen LogP contribution >= 0.6 is 0 Å². The number of halogens is 5. The molecule has 4 aromatic rings. The number of carbonyl (C=O) groups excluding carboxylic acids is 2. The van der Waals surface area contributed by atoms with Gasteiger partial charge in [0.05, 0.1) is 13.7 Å². The number of nitrogens with zero attached hydrogens (tertiary/aromatic N) is 1. The summed E-state index contributed by atoms with van der Waals surface area (Å²) in [5.74, 6) is -12.7. The number of hydrogen-bond acceptors (Lipinski definition) is 4. The summed E-state index contributed by atoms with van der Waals surface area (Å²) < 4.78 is 75.4. The lowest BCUT2D eigenvalue weighted by molar-refractivity contribution is 0.0233. The summed E-state index contributed by atoms with van der Waals surface area (Å²) >= 11 is 0. The van der Waals surface area contributed by atoms with E-state index in [-0.39, 0.29) is 25.3 Å². The van der Waals surface area contributed by atoms with Crippen molar-refractivity contribution in [3.63, 3.8) is 0 Å². The third kappa shape index (κ3) is 6.87. The molecule has 0 aromatic heterocycles. The highest BCUT2D eigenvalue weighted by atomic mass is 19.2. The van der Waals surface area contributed by atoms with Crippen molar-refractivity contribution in [2.24, 2.45) is 0 Å². The van der Waals surface area contributed by atoms with Crippen LogP contribution in [0.5, 0.6) is 5.75 Å². The van der Waals surface area contributed by atoms with E-state index in [1.54, 1.807) is 24.3 Å². The van der Waals surface area contributed by atoms with Gasteiger partial charge in [-0.05, 0) is 41.0 Å². The highest BCUT2D eigenvalue weighted by molar-refractivity contribution is 5.95. The first kappa shape index (κ1) is 29.2. The molecule has 0 atom stereocenters. The number of ether oxygens (including phenoxy) is 1. The van der Waals surface area contributed by atoms with E-state index in [9.17, 15) is 31.5 Å². The summed E-state index contributed by atoms with van der Waals surface area (Å²) in [6.07, 6.45) is 0. The fraction of sp³-hybridized carbons (Fsp3) is 0.133. The van der Waals surface area contributed by atoms with Gasteiger partial charge in [-0.3, -0.25) is 14.4 Å². The van der Waals surface area contributed by atoms with Gasteiger partial charge in [-0.15, -0.1) is 0 Å². The molecule has 0 aliphatic rings. The fourth-order valence-corrected chi connectivity index (χ4v) is 3.90. The summed E-state index contributed by atoms with van der Waals surface area (Å²) in [5, 5.41) is 0. The van der Waals surface area contributed by atoms with E-state index in [1.165, 1.54) is 31.4 Å². The summed E-state index contributed by atoms with van der Waals surface area (Å²) in [6.45, 7) is -0.376. The van der Waals surface area contributed by atoms with Gasteiger partial charge in [-0.2, -0.15) is 0 Å². The molecule has 4 aromatic carbocycles. The Morgan fingerprint density at radius 3 is 1.73 bits per heavy atom. The Morgan fingerprint density at radius 1 is 0.683 bits per heavy atom. The molecule has 0 saturated carbocycles. The zero-order valence-corrected chi connectivity index (χ0v) is 21.6. The molecule has 0 aliphatic heterocycles. The molecule has 2 amide bonds. The van der Waals surface area contributed by atoms with Gasteiger partial charge in [0.25, 0.3) is 11.8 Å². The van der Waals surface area contributed by atoms with Crippen molar-refractivity contribution in [3.05, 3.63) is 136 Å². The molecule has 6 nitrogen and oxygen atoms in total. The van der Waals surface area contributed by atoms with Gasteiger partial charge in [0, 0.05) is 18.7 Å². The van der Waals surface area contributed by atoms with E-state index >= 15 is 0 Å². The quantitative estimate of drug-likeness (QED) is 0.108. The molecule has 0 bridgehead atoms. The lowest BCUT2D eigenvalue weighted by Crippen LogP contribution is -2.32. The molecular weight excluding hydrogens is 547 g/mol. The second-order valence-corrected chi connectivity index (χ2v) is 8.86. The Balaban J connectivity index is 1.54. The molecule has 4 rings (SSSR count). The second-order valence-electron chi connectivity index (χ2n) is 8.86. The maximum absolute atomic E-state index is 14.5. The zero-order chi connectivity index (χ0) is 29.5. The first-order chi connectivity index (χ1) is 19.7. The lowest BCUT2D eigenvalue weighted by atomic mass is 10.1. The molecule has 11 heteroatoms. The van der Waals surface area contributed by atoms with Gasteiger partial charge >= 0.3 is 0 Å². The Hall–Kier alpha value is -4.77. The maximum atomic E-state index is 14.5. The molecule has 0 unspecified atom stereocenters. The minimum Gasteiger partial charge on any atom is -0.497 e. The molecule has 0 aliphatic carbocycles. The number of nitrogens with one attached hydrogen (secondary N) is 1. The second kappa shape index (κ2) is 13.1. The number of benzene rings is 4. The molecule has 0 spiro atoms. The smallest absolute Gasteiger partial charge is 0.274 e. The summed E-state index contributed by atoms with van der Waals surface area (Å²) in [5.41, 5.74) is 2.72.